The molecule has 1 aromatic rings. The molecule has 4 heteroatoms. The SMILES string of the molecule is CNCCCC(=O)NC1CCCN(Cc2ccccc2)C1. The van der Waals surface area contributed by atoms with Gasteiger partial charge in [0.05, 0.1) is 0 Å². The van der Waals surface area contributed by atoms with Crippen LogP contribution in [0.4, 0.5) is 0 Å². The molecule has 21 heavy (non-hydrogen) atoms. The molecule has 1 aromatic carbocycles. The van der Waals surface area contributed by atoms with Gasteiger partial charge in [0.15, 0.2) is 0 Å². The Kier molecular flexibility index (Phi) is 6.70. The molecule has 2 N–H and O–H groups in total. The number of piperidine rings is 1. The summed E-state index contributed by atoms with van der Waals surface area (Å²) in [5, 5.41) is 6.26. The van der Waals surface area contributed by atoms with Crippen LogP contribution in [0.2, 0.25) is 0 Å². The Morgan fingerprint density at radius 2 is 2.14 bits per heavy atom. The summed E-state index contributed by atoms with van der Waals surface area (Å²) in [6.07, 6.45) is 3.79. The third kappa shape index (κ3) is 5.86. The van der Waals surface area contributed by atoms with Crippen molar-refractivity contribution >= 4 is 5.91 Å². The molecule has 0 bridgehead atoms. The summed E-state index contributed by atoms with van der Waals surface area (Å²) in [5.74, 6) is 0.191. The van der Waals surface area contributed by atoms with Crippen molar-refractivity contribution < 1.29 is 4.79 Å². The zero-order valence-electron chi connectivity index (χ0n) is 13.0. The first-order valence-corrected chi connectivity index (χ1v) is 7.98. The Balaban J connectivity index is 1.74. The van der Waals surface area contributed by atoms with E-state index in [4.69, 9.17) is 0 Å². The van der Waals surface area contributed by atoms with Crippen LogP contribution >= 0.6 is 0 Å². The van der Waals surface area contributed by atoms with Gasteiger partial charge in [-0.05, 0) is 45.0 Å². The fourth-order valence-corrected chi connectivity index (χ4v) is 2.88. The molecule has 0 saturated carbocycles. The fourth-order valence-electron chi connectivity index (χ4n) is 2.88. The smallest absolute Gasteiger partial charge is 0.220 e. The molecule has 1 aliphatic rings. The minimum atomic E-state index is 0.191. The molecular weight excluding hydrogens is 262 g/mol. The molecule has 116 valence electrons. The van der Waals surface area contributed by atoms with Gasteiger partial charge in [-0.3, -0.25) is 9.69 Å². The van der Waals surface area contributed by atoms with Crippen LogP contribution in [0.1, 0.15) is 31.2 Å². The van der Waals surface area contributed by atoms with Crippen LogP contribution in [0.15, 0.2) is 30.3 Å². The van der Waals surface area contributed by atoms with Crippen LogP contribution < -0.4 is 10.6 Å². The van der Waals surface area contributed by atoms with E-state index in [1.54, 1.807) is 0 Å². The molecular formula is C17H27N3O. The highest BCUT2D eigenvalue weighted by Gasteiger charge is 2.21. The molecule has 0 aromatic heterocycles. The second-order valence-corrected chi connectivity index (χ2v) is 5.83. The van der Waals surface area contributed by atoms with Gasteiger partial charge in [-0.2, -0.15) is 0 Å². The average molecular weight is 289 g/mol. The van der Waals surface area contributed by atoms with E-state index in [9.17, 15) is 4.79 Å². The maximum Gasteiger partial charge on any atom is 0.220 e. The van der Waals surface area contributed by atoms with Crippen molar-refractivity contribution in [3.8, 4) is 0 Å². The number of likely N-dealkylation sites (tertiary alicyclic amines) is 1. The van der Waals surface area contributed by atoms with E-state index in [0.717, 1.165) is 45.4 Å². The minimum Gasteiger partial charge on any atom is -0.352 e. The van der Waals surface area contributed by atoms with E-state index >= 15 is 0 Å². The number of nitrogens with one attached hydrogen (secondary N) is 2. The first-order chi connectivity index (χ1) is 10.3. The molecule has 1 atom stereocenters. The molecule has 1 fully saturated rings. The van der Waals surface area contributed by atoms with E-state index < -0.39 is 0 Å². The highest BCUT2D eigenvalue weighted by Crippen LogP contribution is 2.13. The van der Waals surface area contributed by atoms with Gasteiger partial charge in [0, 0.05) is 25.6 Å². The topological polar surface area (TPSA) is 44.4 Å². The molecule has 2 rings (SSSR count). The second kappa shape index (κ2) is 8.80. The molecule has 0 spiro atoms. The van der Waals surface area contributed by atoms with E-state index in [0.29, 0.717) is 12.5 Å². The summed E-state index contributed by atoms with van der Waals surface area (Å²) in [6, 6.07) is 10.9. The number of nitrogens with zero attached hydrogens (tertiary/aromatic N) is 1. The molecule has 1 aliphatic heterocycles. The average Bonchev–Trinajstić information content (AvgIpc) is 2.49. The first kappa shape index (κ1) is 16.0. The standard InChI is InChI=1S/C17H27N3O/c1-18-11-5-10-17(21)19-16-9-6-12-20(14-16)13-15-7-3-2-4-8-15/h2-4,7-8,16,18H,5-6,9-14H2,1H3,(H,19,21). The number of carbonyl (C=O) groups excluding carboxylic acids is 1. The number of carbonyl (C=O) groups is 1. The lowest BCUT2D eigenvalue weighted by Gasteiger charge is -2.33. The van der Waals surface area contributed by atoms with Crippen molar-refractivity contribution in [2.75, 3.05) is 26.7 Å². The van der Waals surface area contributed by atoms with E-state index in [2.05, 4.69) is 39.8 Å². The number of amides is 1. The minimum absolute atomic E-state index is 0.191. The van der Waals surface area contributed by atoms with Crippen LogP contribution in [0.25, 0.3) is 0 Å². The largest absolute Gasteiger partial charge is 0.352 e. The van der Waals surface area contributed by atoms with Gasteiger partial charge in [0.2, 0.25) is 5.91 Å². The van der Waals surface area contributed by atoms with Gasteiger partial charge >= 0.3 is 0 Å². The highest BCUT2D eigenvalue weighted by atomic mass is 16.1. The molecule has 1 heterocycles. The highest BCUT2D eigenvalue weighted by molar-refractivity contribution is 5.76. The lowest BCUT2D eigenvalue weighted by Crippen LogP contribution is -2.47. The van der Waals surface area contributed by atoms with Crippen LogP contribution in [-0.2, 0) is 11.3 Å². The van der Waals surface area contributed by atoms with Gasteiger partial charge in [-0.25, -0.2) is 0 Å². The van der Waals surface area contributed by atoms with Crippen molar-refractivity contribution in [2.45, 2.75) is 38.3 Å². The third-order valence-electron chi connectivity index (χ3n) is 3.95. The van der Waals surface area contributed by atoms with Crippen molar-refractivity contribution in [2.24, 2.45) is 0 Å². The monoisotopic (exact) mass is 289 g/mol. The predicted octanol–water partition coefficient (Wildman–Crippen LogP) is 1.77. The Morgan fingerprint density at radius 3 is 2.90 bits per heavy atom. The number of hydrogen-bond acceptors (Lipinski definition) is 3. The Labute approximate surface area is 127 Å². The number of benzene rings is 1. The molecule has 4 nitrogen and oxygen atoms in total. The first-order valence-electron chi connectivity index (χ1n) is 7.98. The van der Waals surface area contributed by atoms with Crippen LogP contribution in [0, 0.1) is 0 Å². The van der Waals surface area contributed by atoms with Crippen molar-refractivity contribution in [3.63, 3.8) is 0 Å². The van der Waals surface area contributed by atoms with Gasteiger partial charge in [-0.1, -0.05) is 30.3 Å². The number of rotatable bonds is 7. The fraction of sp³-hybridized carbons (Fsp3) is 0.588. The van der Waals surface area contributed by atoms with Crippen molar-refractivity contribution in [3.05, 3.63) is 35.9 Å². The summed E-state index contributed by atoms with van der Waals surface area (Å²) in [7, 11) is 1.92. The van der Waals surface area contributed by atoms with Gasteiger partial charge in [-0.15, -0.1) is 0 Å². The van der Waals surface area contributed by atoms with Gasteiger partial charge < -0.3 is 10.6 Å². The van der Waals surface area contributed by atoms with Crippen molar-refractivity contribution in [1.82, 2.24) is 15.5 Å². The zero-order chi connectivity index (χ0) is 14.9. The second-order valence-electron chi connectivity index (χ2n) is 5.83. The van der Waals surface area contributed by atoms with Gasteiger partial charge in [0.1, 0.15) is 0 Å². The van der Waals surface area contributed by atoms with Crippen molar-refractivity contribution in [1.29, 1.82) is 0 Å². The lowest BCUT2D eigenvalue weighted by molar-refractivity contribution is -0.122. The molecule has 1 unspecified atom stereocenters. The van der Waals surface area contributed by atoms with E-state index in [1.165, 1.54) is 5.56 Å². The predicted molar refractivity (Wildman–Crippen MR) is 86.0 cm³/mol. The van der Waals surface area contributed by atoms with Crippen LogP contribution in [0.3, 0.4) is 0 Å². The number of hydrogen-bond donors (Lipinski definition) is 2. The quantitative estimate of drug-likeness (QED) is 0.752. The molecule has 1 amide bonds. The third-order valence-corrected chi connectivity index (χ3v) is 3.95. The lowest BCUT2D eigenvalue weighted by atomic mass is 10.0. The zero-order valence-corrected chi connectivity index (χ0v) is 13.0. The maximum atomic E-state index is 11.9. The van der Waals surface area contributed by atoms with Crippen LogP contribution in [-0.4, -0.2) is 43.5 Å². The normalized spacial score (nSPS) is 19.4. The summed E-state index contributed by atoms with van der Waals surface area (Å²) in [6.45, 7) is 3.97. The summed E-state index contributed by atoms with van der Waals surface area (Å²) >= 11 is 0. The Hall–Kier alpha value is -1.39. The Morgan fingerprint density at radius 1 is 1.33 bits per heavy atom. The molecule has 0 radical (unpaired) electrons. The van der Waals surface area contributed by atoms with Gasteiger partial charge in [0.25, 0.3) is 0 Å². The molecule has 1 saturated heterocycles. The van der Waals surface area contributed by atoms with Crippen LogP contribution in [0.5, 0.6) is 0 Å². The summed E-state index contributed by atoms with van der Waals surface area (Å²) in [5.41, 5.74) is 1.35. The maximum absolute atomic E-state index is 11.9. The summed E-state index contributed by atoms with van der Waals surface area (Å²) < 4.78 is 0. The van der Waals surface area contributed by atoms with E-state index in [1.807, 2.05) is 13.1 Å². The molecule has 0 aliphatic carbocycles. The van der Waals surface area contributed by atoms with E-state index in [-0.39, 0.29) is 5.91 Å². The summed E-state index contributed by atoms with van der Waals surface area (Å²) in [4.78, 5) is 14.3. The Bertz CT molecular complexity index is 421.